The first-order chi connectivity index (χ1) is 6.50. The number of hydrogen-bond donors (Lipinski definition) is 0. The van der Waals surface area contributed by atoms with Gasteiger partial charge in [0, 0.05) is 29.5 Å². The van der Waals surface area contributed by atoms with Crippen molar-refractivity contribution in [3.8, 4) is 0 Å². The summed E-state index contributed by atoms with van der Waals surface area (Å²) in [6, 6.07) is 0. The van der Waals surface area contributed by atoms with Crippen LogP contribution < -0.4 is 9.75 Å². The van der Waals surface area contributed by atoms with Gasteiger partial charge in [-0.25, -0.2) is 8.42 Å². The molecule has 0 atom stereocenters. The molecule has 1 aliphatic heterocycles. The van der Waals surface area contributed by atoms with Crippen LogP contribution in [0, 0.1) is 0 Å². The van der Waals surface area contributed by atoms with Gasteiger partial charge in [-0.3, -0.25) is 0 Å². The van der Waals surface area contributed by atoms with Crippen molar-refractivity contribution in [2.24, 2.45) is 0 Å². The highest BCUT2D eigenvalue weighted by Gasteiger charge is 2.22. The third kappa shape index (κ3) is 1.53. The van der Waals surface area contributed by atoms with Crippen LogP contribution in [0.25, 0.3) is 11.1 Å². The van der Waals surface area contributed by atoms with Crippen molar-refractivity contribution >= 4 is 42.4 Å². The molecular weight excluding hydrogens is 244 g/mol. The Bertz CT molecular complexity index is 575. The minimum atomic E-state index is -3.70. The van der Waals surface area contributed by atoms with Crippen molar-refractivity contribution in [3.63, 3.8) is 0 Å². The molecule has 1 aliphatic rings. The van der Waals surface area contributed by atoms with Crippen molar-refractivity contribution in [1.82, 2.24) is 9.27 Å². The predicted octanol–water partition coefficient (Wildman–Crippen LogP) is -0.497. The molecule has 0 aromatic carbocycles. The summed E-state index contributed by atoms with van der Waals surface area (Å²) in [7, 11) is 3.34. The standard InChI is InChI=1S/C7H7ClN2O2S2/c1-10-3-2-6-5(4-9-13-6)7(10)14(8,11)12/h2,4H,3H2,1H3. The fourth-order valence-corrected chi connectivity index (χ4v) is 3.59. The monoisotopic (exact) mass is 250 g/mol. The van der Waals surface area contributed by atoms with Gasteiger partial charge < -0.3 is 4.90 Å². The number of aromatic nitrogens is 1. The highest BCUT2D eigenvalue weighted by molar-refractivity contribution is 8.20. The number of nitrogens with zero attached hydrogens (tertiary/aromatic N) is 2. The van der Waals surface area contributed by atoms with Gasteiger partial charge in [0.2, 0.25) is 0 Å². The molecule has 0 bridgehead atoms. The van der Waals surface area contributed by atoms with E-state index < -0.39 is 9.05 Å². The normalized spacial score (nSPS) is 16.4. The van der Waals surface area contributed by atoms with E-state index in [0.717, 1.165) is 4.53 Å². The summed E-state index contributed by atoms with van der Waals surface area (Å²) >= 11 is 1.27. The summed E-state index contributed by atoms with van der Waals surface area (Å²) in [5.74, 6) is 0. The zero-order valence-corrected chi connectivity index (χ0v) is 9.66. The lowest BCUT2D eigenvalue weighted by Gasteiger charge is -2.20. The molecule has 0 spiro atoms. The van der Waals surface area contributed by atoms with Crippen molar-refractivity contribution in [3.05, 3.63) is 15.9 Å². The first-order valence-electron chi connectivity index (χ1n) is 3.81. The molecule has 1 aromatic rings. The predicted molar refractivity (Wildman–Crippen MR) is 56.6 cm³/mol. The molecule has 4 nitrogen and oxygen atoms in total. The first kappa shape index (κ1) is 9.95. The number of halogens is 1. The molecule has 2 heterocycles. The van der Waals surface area contributed by atoms with Crippen LogP contribution in [0.5, 0.6) is 0 Å². The summed E-state index contributed by atoms with van der Waals surface area (Å²) < 4.78 is 27.4. The molecule has 7 heteroatoms. The van der Waals surface area contributed by atoms with Crippen molar-refractivity contribution in [2.45, 2.75) is 0 Å². The average Bonchev–Trinajstić information content (AvgIpc) is 2.48. The fraction of sp³-hybridized carbons (Fsp3) is 0.286. The van der Waals surface area contributed by atoms with Gasteiger partial charge in [-0.1, -0.05) is 0 Å². The maximum Gasteiger partial charge on any atom is 0.277 e. The Hall–Kier alpha value is -0.590. The van der Waals surface area contributed by atoms with Crippen LogP contribution in [0.3, 0.4) is 0 Å². The lowest BCUT2D eigenvalue weighted by Crippen LogP contribution is -2.37. The Morgan fingerprint density at radius 2 is 2.36 bits per heavy atom. The zero-order valence-electron chi connectivity index (χ0n) is 7.27. The second kappa shape index (κ2) is 3.22. The highest BCUT2D eigenvalue weighted by Crippen LogP contribution is 2.16. The summed E-state index contributed by atoms with van der Waals surface area (Å²) in [6.07, 6.45) is 3.46. The Kier molecular flexibility index (Phi) is 2.29. The van der Waals surface area contributed by atoms with Crippen LogP contribution >= 0.6 is 22.2 Å². The molecule has 2 rings (SSSR count). The maximum atomic E-state index is 11.3. The molecule has 0 saturated heterocycles. The van der Waals surface area contributed by atoms with E-state index in [1.165, 1.54) is 17.7 Å². The summed E-state index contributed by atoms with van der Waals surface area (Å²) in [5, 5.41) is 0.740. The highest BCUT2D eigenvalue weighted by atomic mass is 35.7. The lowest BCUT2D eigenvalue weighted by molar-refractivity contribution is 0.541. The largest absolute Gasteiger partial charge is 0.360 e. The van der Waals surface area contributed by atoms with E-state index in [1.807, 2.05) is 6.08 Å². The van der Waals surface area contributed by atoms with E-state index in [4.69, 9.17) is 10.7 Å². The molecule has 14 heavy (non-hydrogen) atoms. The Balaban J connectivity index is 2.92. The van der Waals surface area contributed by atoms with Gasteiger partial charge >= 0.3 is 0 Å². The molecule has 1 aromatic heterocycles. The van der Waals surface area contributed by atoms with Crippen LogP contribution in [-0.2, 0) is 9.05 Å². The van der Waals surface area contributed by atoms with Gasteiger partial charge in [-0.15, -0.1) is 0 Å². The van der Waals surface area contributed by atoms with Crippen LogP contribution in [0.15, 0.2) is 6.20 Å². The molecule has 0 radical (unpaired) electrons. The number of fused-ring (bicyclic) bond motifs is 1. The molecule has 0 N–H and O–H groups in total. The van der Waals surface area contributed by atoms with E-state index in [2.05, 4.69) is 4.37 Å². The van der Waals surface area contributed by atoms with E-state index >= 15 is 0 Å². The Morgan fingerprint density at radius 1 is 1.64 bits per heavy atom. The van der Waals surface area contributed by atoms with Crippen molar-refractivity contribution in [1.29, 1.82) is 0 Å². The van der Waals surface area contributed by atoms with E-state index in [1.54, 1.807) is 11.9 Å². The molecule has 0 fully saturated rings. The fourth-order valence-electron chi connectivity index (χ4n) is 1.38. The summed E-state index contributed by atoms with van der Waals surface area (Å²) in [5.41, 5.74) is 0. The maximum absolute atomic E-state index is 11.3. The average molecular weight is 251 g/mol. The van der Waals surface area contributed by atoms with Gasteiger partial charge in [-0.05, 0) is 17.6 Å². The van der Waals surface area contributed by atoms with Gasteiger partial charge in [0.15, 0.2) is 5.03 Å². The van der Waals surface area contributed by atoms with Crippen molar-refractivity contribution < 1.29 is 8.42 Å². The molecule has 76 valence electrons. The molecule has 0 saturated carbocycles. The molecular formula is C7H7ClN2O2S2. The van der Waals surface area contributed by atoms with Gasteiger partial charge in [0.25, 0.3) is 9.05 Å². The Morgan fingerprint density at radius 3 is 3.00 bits per heavy atom. The molecule has 0 amide bonds. The third-order valence-corrected chi connectivity index (χ3v) is 4.18. The number of hydrogen-bond acceptors (Lipinski definition) is 5. The van der Waals surface area contributed by atoms with E-state index in [9.17, 15) is 8.42 Å². The Labute approximate surface area is 89.7 Å². The van der Waals surface area contributed by atoms with Crippen LogP contribution in [-0.4, -0.2) is 31.3 Å². The second-order valence-corrected chi connectivity index (χ2v) is 6.25. The topological polar surface area (TPSA) is 50.3 Å². The van der Waals surface area contributed by atoms with Crippen molar-refractivity contribution in [2.75, 3.05) is 13.6 Å². The third-order valence-electron chi connectivity index (χ3n) is 1.96. The van der Waals surface area contributed by atoms with Gasteiger partial charge in [0.05, 0.1) is 10.7 Å². The lowest BCUT2D eigenvalue weighted by atomic mass is 10.3. The van der Waals surface area contributed by atoms with E-state index in [-0.39, 0.29) is 5.03 Å². The first-order valence-corrected chi connectivity index (χ1v) is 6.89. The second-order valence-electron chi connectivity index (χ2n) is 2.93. The van der Waals surface area contributed by atoms with Gasteiger partial charge in [-0.2, -0.15) is 4.37 Å². The SMILES string of the molecule is CN1CC=c2sncc2=C1S(=O)(=O)Cl. The zero-order chi connectivity index (χ0) is 10.3. The van der Waals surface area contributed by atoms with Crippen LogP contribution in [0.2, 0.25) is 0 Å². The molecule has 0 aliphatic carbocycles. The summed E-state index contributed by atoms with van der Waals surface area (Å²) in [4.78, 5) is 1.60. The van der Waals surface area contributed by atoms with E-state index in [0.29, 0.717) is 11.8 Å². The number of rotatable bonds is 1. The summed E-state index contributed by atoms with van der Waals surface area (Å²) in [6.45, 7) is 0.538. The molecule has 0 unspecified atom stereocenters. The van der Waals surface area contributed by atoms with Gasteiger partial charge in [0.1, 0.15) is 0 Å². The quantitative estimate of drug-likeness (QED) is 0.631. The van der Waals surface area contributed by atoms with Crippen LogP contribution in [0.4, 0.5) is 0 Å². The smallest absolute Gasteiger partial charge is 0.277 e. The minimum Gasteiger partial charge on any atom is -0.360 e. The minimum absolute atomic E-state index is 0.144. The van der Waals surface area contributed by atoms with Crippen LogP contribution in [0.1, 0.15) is 0 Å².